The van der Waals surface area contributed by atoms with Gasteiger partial charge in [-0.3, -0.25) is 9.59 Å². The molecular formula is C16H16N2O4S. The van der Waals surface area contributed by atoms with E-state index >= 15 is 0 Å². The number of nitrogens with zero attached hydrogens (tertiary/aromatic N) is 2. The van der Waals surface area contributed by atoms with Gasteiger partial charge in [0, 0.05) is 24.6 Å². The number of carboxylic acids is 1. The van der Waals surface area contributed by atoms with Crippen LogP contribution >= 0.6 is 11.3 Å². The number of carboxylic acid groups (broad SMARTS) is 1. The molecule has 0 radical (unpaired) electrons. The second-order valence-electron chi connectivity index (χ2n) is 5.25. The van der Waals surface area contributed by atoms with E-state index in [0.717, 1.165) is 0 Å². The molecule has 1 N–H and O–H groups in total. The molecule has 1 aromatic heterocycles. The summed E-state index contributed by atoms with van der Waals surface area (Å²) in [7, 11) is 1.55. The maximum atomic E-state index is 12.8. The van der Waals surface area contributed by atoms with E-state index in [1.165, 1.54) is 11.3 Å². The van der Waals surface area contributed by atoms with Crippen LogP contribution in [0, 0.1) is 0 Å². The molecule has 2 aromatic rings. The smallest absolute Gasteiger partial charge is 0.313 e. The van der Waals surface area contributed by atoms with Gasteiger partial charge in [0.1, 0.15) is 5.92 Å². The minimum atomic E-state index is -0.967. The van der Waals surface area contributed by atoms with Gasteiger partial charge in [0.15, 0.2) is 0 Å². The van der Waals surface area contributed by atoms with Gasteiger partial charge < -0.3 is 14.7 Å². The number of carbonyl (C=O) groups excluding carboxylic acids is 1. The van der Waals surface area contributed by atoms with Crippen LogP contribution in [0.25, 0.3) is 0 Å². The van der Waals surface area contributed by atoms with Crippen molar-refractivity contribution in [3.05, 3.63) is 52.0 Å². The summed E-state index contributed by atoms with van der Waals surface area (Å²) < 4.78 is 5.08. The second kappa shape index (κ2) is 6.47. The minimum Gasteiger partial charge on any atom is -0.481 e. The molecule has 6 nitrogen and oxygen atoms in total. The Morgan fingerprint density at radius 3 is 2.87 bits per heavy atom. The van der Waals surface area contributed by atoms with E-state index in [9.17, 15) is 14.7 Å². The van der Waals surface area contributed by atoms with Crippen molar-refractivity contribution in [2.75, 3.05) is 20.3 Å². The van der Waals surface area contributed by atoms with Gasteiger partial charge in [0.2, 0.25) is 0 Å². The largest absolute Gasteiger partial charge is 0.481 e. The van der Waals surface area contributed by atoms with Crippen LogP contribution in [-0.2, 0) is 9.53 Å². The van der Waals surface area contributed by atoms with Gasteiger partial charge in [0.25, 0.3) is 5.91 Å². The first-order valence-electron chi connectivity index (χ1n) is 7.15. The first kappa shape index (κ1) is 15.6. The van der Waals surface area contributed by atoms with Crippen molar-refractivity contribution in [1.29, 1.82) is 0 Å². The number of hydrogen-bond donors (Lipinski definition) is 1. The van der Waals surface area contributed by atoms with Crippen LogP contribution in [-0.4, -0.2) is 47.1 Å². The van der Waals surface area contributed by atoms with Crippen LogP contribution in [0.1, 0.15) is 33.6 Å². The van der Waals surface area contributed by atoms with Crippen LogP contribution in [0.5, 0.6) is 0 Å². The Morgan fingerprint density at radius 2 is 2.22 bits per heavy atom. The average Bonchev–Trinajstić information content (AvgIpc) is 3.07. The summed E-state index contributed by atoms with van der Waals surface area (Å²) in [6.07, 6.45) is 0. The Hall–Kier alpha value is -2.25. The van der Waals surface area contributed by atoms with Crippen LogP contribution in [0.3, 0.4) is 0 Å². The molecule has 1 aliphatic heterocycles. The lowest BCUT2D eigenvalue weighted by Crippen LogP contribution is -2.46. The molecule has 2 atom stereocenters. The quantitative estimate of drug-likeness (QED) is 0.907. The molecule has 0 aliphatic carbocycles. The zero-order valence-electron chi connectivity index (χ0n) is 12.5. The van der Waals surface area contributed by atoms with E-state index in [-0.39, 0.29) is 5.91 Å². The summed E-state index contributed by atoms with van der Waals surface area (Å²) in [4.78, 5) is 30.6. The van der Waals surface area contributed by atoms with Gasteiger partial charge in [-0.25, -0.2) is 4.98 Å². The molecule has 0 saturated carbocycles. The molecule has 23 heavy (non-hydrogen) atoms. The number of fused-ring (bicyclic) bond motifs is 1. The van der Waals surface area contributed by atoms with E-state index in [4.69, 9.17) is 4.74 Å². The second-order valence-corrected chi connectivity index (χ2v) is 5.97. The molecule has 1 aliphatic rings. The standard InChI is InChI=1S/C16H16N2O4S/c1-22-7-6-18-14(12-8-23-9-17-12)13(16(20)21)10-4-2-3-5-11(10)15(18)19/h2-5,8-9,13-14H,6-7H2,1H3,(H,20,21)/t13-,14-/m0/s1. The average molecular weight is 332 g/mol. The highest BCUT2D eigenvalue weighted by Gasteiger charge is 2.44. The number of benzene rings is 1. The number of carbonyl (C=O) groups is 2. The third-order valence-electron chi connectivity index (χ3n) is 4.00. The molecule has 1 aromatic carbocycles. The molecule has 3 rings (SSSR count). The van der Waals surface area contributed by atoms with Gasteiger partial charge in [-0.1, -0.05) is 18.2 Å². The molecule has 2 heterocycles. The molecule has 120 valence electrons. The molecule has 0 fully saturated rings. The lowest BCUT2D eigenvalue weighted by Gasteiger charge is -2.39. The molecule has 0 bridgehead atoms. The lowest BCUT2D eigenvalue weighted by molar-refractivity contribution is -0.140. The zero-order valence-corrected chi connectivity index (χ0v) is 13.3. The highest BCUT2D eigenvalue weighted by molar-refractivity contribution is 7.07. The van der Waals surface area contributed by atoms with Gasteiger partial charge in [0.05, 0.1) is 23.9 Å². The van der Waals surface area contributed by atoms with Gasteiger partial charge >= 0.3 is 5.97 Å². The predicted molar refractivity (Wildman–Crippen MR) is 84.6 cm³/mol. The molecular weight excluding hydrogens is 316 g/mol. The first-order chi connectivity index (χ1) is 11.1. The van der Waals surface area contributed by atoms with Crippen molar-refractivity contribution in [2.24, 2.45) is 0 Å². The lowest BCUT2D eigenvalue weighted by atomic mass is 9.81. The first-order valence-corrected chi connectivity index (χ1v) is 8.09. The number of aromatic nitrogens is 1. The Balaban J connectivity index is 2.15. The molecule has 0 unspecified atom stereocenters. The molecule has 1 amide bonds. The predicted octanol–water partition coefficient (Wildman–Crippen LogP) is 2.15. The van der Waals surface area contributed by atoms with Crippen molar-refractivity contribution in [3.8, 4) is 0 Å². The van der Waals surface area contributed by atoms with E-state index in [0.29, 0.717) is 30.0 Å². The van der Waals surface area contributed by atoms with Crippen LogP contribution in [0.2, 0.25) is 0 Å². The summed E-state index contributed by atoms with van der Waals surface area (Å²) in [5, 5.41) is 11.6. The fourth-order valence-electron chi connectivity index (χ4n) is 2.99. The molecule has 7 heteroatoms. The number of thiazole rings is 1. The number of rotatable bonds is 5. The topological polar surface area (TPSA) is 79.7 Å². The number of ether oxygens (including phenoxy) is 1. The zero-order chi connectivity index (χ0) is 16.4. The third kappa shape index (κ3) is 2.73. The van der Waals surface area contributed by atoms with Crippen LogP contribution in [0.15, 0.2) is 35.2 Å². The summed E-state index contributed by atoms with van der Waals surface area (Å²) >= 11 is 1.38. The summed E-state index contributed by atoms with van der Waals surface area (Å²) in [6, 6.07) is 6.25. The molecule has 0 saturated heterocycles. The van der Waals surface area contributed by atoms with Gasteiger partial charge in [-0.05, 0) is 11.6 Å². The van der Waals surface area contributed by atoms with E-state index in [1.54, 1.807) is 47.2 Å². The van der Waals surface area contributed by atoms with Gasteiger partial charge in [-0.15, -0.1) is 11.3 Å². The van der Waals surface area contributed by atoms with E-state index in [1.807, 2.05) is 0 Å². The maximum Gasteiger partial charge on any atom is 0.313 e. The Labute approximate surface area is 137 Å². The SMILES string of the molecule is COCCN1C(=O)c2ccccc2[C@H](C(=O)O)[C@@H]1c1cscn1. The number of amides is 1. The Bertz CT molecular complexity index is 717. The Kier molecular flexibility index (Phi) is 4.40. The van der Waals surface area contributed by atoms with Gasteiger partial charge in [-0.2, -0.15) is 0 Å². The fourth-order valence-corrected chi connectivity index (χ4v) is 3.57. The fraction of sp³-hybridized carbons (Fsp3) is 0.312. The maximum absolute atomic E-state index is 12.8. The molecule has 0 spiro atoms. The highest BCUT2D eigenvalue weighted by Crippen LogP contribution is 2.42. The van der Waals surface area contributed by atoms with E-state index in [2.05, 4.69) is 4.98 Å². The summed E-state index contributed by atoms with van der Waals surface area (Å²) in [6.45, 7) is 0.649. The number of aliphatic carboxylic acids is 1. The Morgan fingerprint density at radius 1 is 1.43 bits per heavy atom. The van der Waals surface area contributed by atoms with Crippen molar-refractivity contribution in [2.45, 2.75) is 12.0 Å². The van der Waals surface area contributed by atoms with Crippen molar-refractivity contribution >= 4 is 23.2 Å². The minimum absolute atomic E-state index is 0.187. The van der Waals surface area contributed by atoms with E-state index < -0.39 is 17.9 Å². The van der Waals surface area contributed by atoms with Crippen LogP contribution in [0.4, 0.5) is 0 Å². The normalized spacial score (nSPS) is 20.4. The summed E-state index contributed by atoms with van der Waals surface area (Å²) in [5.41, 5.74) is 3.22. The van der Waals surface area contributed by atoms with Crippen molar-refractivity contribution in [1.82, 2.24) is 9.88 Å². The van der Waals surface area contributed by atoms with Crippen molar-refractivity contribution < 1.29 is 19.4 Å². The van der Waals surface area contributed by atoms with Crippen LogP contribution < -0.4 is 0 Å². The number of hydrogen-bond acceptors (Lipinski definition) is 5. The third-order valence-corrected chi connectivity index (χ3v) is 4.60. The highest BCUT2D eigenvalue weighted by atomic mass is 32.1. The van der Waals surface area contributed by atoms with Crippen molar-refractivity contribution in [3.63, 3.8) is 0 Å². The monoisotopic (exact) mass is 332 g/mol. The number of methoxy groups -OCH3 is 1. The summed E-state index contributed by atoms with van der Waals surface area (Å²) in [5.74, 6) is -2.00.